The fraction of sp³-hybridized carbons (Fsp3) is 0. The number of benzene rings is 2. The minimum Gasteiger partial charge on any atom is -0.398 e. The van der Waals surface area contributed by atoms with Crippen molar-refractivity contribution in [2.75, 3.05) is 5.73 Å². The molecule has 66 valence electrons. The number of nitrogens with two attached hydrogens (primary N) is 1. The lowest BCUT2D eigenvalue weighted by Crippen LogP contribution is -1.87. The number of hydrogen-bond donors (Lipinski definition) is 1. The molecule has 1 nitrogen and oxygen atoms in total. The molecule has 2 rings (SSSR count). The summed E-state index contributed by atoms with van der Waals surface area (Å²) >= 11 is 11.9. The second-order valence-electron chi connectivity index (χ2n) is 2.81. The minimum atomic E-state index is 0.525. The fourth-order valence-electron chi connectivity index (χ4n) is 1.34. The second-order valence-corrected chi connectivity index (χ2v) is 3.59. The molecule has 0 bridgehead atoms. The summed E-state index contributed by atoms with van der Waals surface area (Å²) in [7, 11) is 0. The summed E-state index contributed by atoms with van der Waals surface area (Å²) in [5.41, 5.74) is 6.44. The van der Waals surface area contributed by atoms with Crippen molar-refractivity contribution in [2.24, 2.45) is 0 Å². The molecule has 13 heavy (non-hydrogen) atoms. The van der Waals surface area contributed by atoms with Crippen LogP contribution in [0.25, 0.3) is 10.8 Å². The van der Waals surface area contributed by atoms with Gasteiger partial charge in [-0.15, -0.1) is 0 Å². The molecule has 0 atom stereocenters. The lowest BCUT2D eigenvalue weighted by atomic mass is 10.1. The molecule has 0 spiro atoms. The highest BCUT2D eigenvalue weighted by Crippen LogP contribution is 2.33. The molecule has 0 heterocycles. The van der Waals surface area contributed by atoms with E-state index in [4.69, 9.17) is 28.9 Å². The van der Waals surface area contributed by atoms with Crippen LogP contribution in [-0.4, -0.2) is 0 Å². The Bertz CT molecular complexity index is 466. The predicted molar refractivity (Wildman–Crippen MR) is 58.4 cm³/mol. The Labute approximate surface area is 86.1 Å². The van der Waals surface area contributed by atoms with Gasteiger partial charge in [-0.1, -0.05) is 41.4 Å². The van der Waals surface area contributed by atoms with Gasteiger partial charge in [0.05, 0.1) is 10.0 Å². The van der Waals surface area contributed by atoms with E-state index in [0.717, 1.165) is 10.8 Å². The molecule has 0 fully saturated rings. The molecule has 0 aliphatic rings. The van der Waals surface area contributed by atoms with Crippen molar-refractivity contribution in [3.05, 3.63) is 40.4 Å². The van der Waals surface area contributed by atoms with Crippen LogP contribution in [0, 0.1) is 0 Å². The number of hydrogen-bond acceptors (Lipinski definition) is 1. The molecule has 0 aliphatic heterocycles. The highest BCUT2D eigenvalue weighted by molar-refractivity contribution is 6.45. The van der Waals surface area contributed by atoms with Gasteiger partial charge in [0.2, 0.25) is 0 Å². The van der Waals surface area contributed by atoms with Crippen molar-refractivity contribution < 1.29 is 0 Å². The van der Waals surface area contributed by atoms with E-state index < -0.39 is 0 Å². The summed E-state index contributed by atoms with van der Waals surface area (Å²) in [4.78, 5) is 0. The average molecular weight is 212 g/mol. The summed E-state index contributed by atoms with van der Waals surface area (Å²) in [5.74, 6) is 0. The van der Waals surface area contributed by atoms with Gasteiger partial charge >= 0.3 is 0 Å². The quantitative estimate of drug-likeness (QED) is 0.661. The van der Waals surface area contributed by atoms with Gasteiger partial charge in [-0.25, -0.2) is 0 Å². The first-order valence-corrected chi connectivity index (χ1v) is 4.58. The number of halogens is 2. The average Bonchev–Trinajstić information content (AvgIpc) is 2.12. The maximum Gasteiger partial charge on any atom is 0.0691 e. The number of anilines is 1. The van der Waals surface area contributed by atoms with E-state index in [1.165, 1.54) is 0 Å². The molecule has 3 heteroatoms. The smallest absolute Gasteiger partial charge is 0.0691 e. The minimum absolute atomic E-state index is 0.525. The largest absolute Gasteiger partial charge is 0.398 e. The third-order valence-corrected chi connectivity index (χ3v) is 2.77. The predicted octanol–water partition coefficient (Wildman–Crippen LogP) is 3.73. The van der Waals surface area contributed by atoms with Crippen LogP contribution in [0.4, 0.5) is 5.69 Å². The van der Waals surface area contributed by atoms with Crippen molar-refractivity contribution in [1.29, 1.82) is 0 Å². The zero-order chi connectivity index (χ0) is 9.42. The first kappa shape index (κ1) is 8.67. The second kappa shape index (κ2) is 3.09. The van der Waals surface area contributed by atoms with Gasteiger partial charge in [-0.05, 0) is 17.5 Å². The Balaban J connectivity index is 2.97. The third-order valence-electron chi connectivity index (χ3n) is 1.97. The van der Waals surface area contributed by atoms with Gasteiger partial charge in [0, 0.05) is 11.1 Å². The lowest BCUT2D eigenvalue weighted by molar-refractivity contribution is 1.72. The number of rotatable bonds is 0. The summed E-state index contributed by atoms with van der Waals surface area (Å²) in [6.07, 6.45) is 0. The van der Waals surface area contributed by atoms with Crippen molar-refractivity contribution >= 4 is 39.7 Å². The Morgan fingerprint density at radius 3 is 2.54 bits per heavy atom. The molecule has 0 saturated heterocycles. The third kappa shape index (κ3) is 1.34. The molecule has 2 N–H and O–H groups in total. The molecule has 2 aromatic rings. The Hall–Kier alpha value is -0.920. The molecule has 2 aromatic carbocycles. The van der Waals surface area contributed by atoms with Crippen molar-refractivity contribution in [3.8, 4) is 0 Å². The van der Waals surface area contributed by atoms with Gasteiger partial charge in [-0.2, -0.15) is 0 Å². The van der Waals surface area contributed by atoms with Gasteiger partial charge in [0.15, 0.2) is 0 Å². The van der Waals surface area contributed by atoms with Gasteiger partial charge < -0.3 is 5.73 Å². The van der Waals surface area contributed by atoms with Crippen molar-refractivity contribution in [3.63, 3.8) is 0 Å². The highest BCUT2D eigenvalue weighted by atomic mass is 35.5. The van der Waals surface area contributed by atoms with Crippen LogP contribution in [0.5, 0.6) is 0 Å². The van der Waals surface area contributed by atoms with E-state index >= 15 is 0 Å². The maximum atomic E-state index is 6.02. The van der Waals surface area contributed by atoms with Crippen LogP contribution >= 0.6 is 23.2 Å². The van der Waals surface area contributed by atoms with Crippen LogP contribution < -0.4 is 5.73 Å². The van der Waals surface area contributed by atoms with Crippen molar-refractivity contribution in [2.45, 2.75) is 0 Å². The Morgan fingerprint density at radius 2 is 1.77 bits per heavy atom. The van der Waals surface area contributed by atoms with Gasteiger partial charge in [0.1, 0.15) is 0 Å². The molecule has 0 aromatic heterocycles. The standard InChI is InChI=1S/C10H7Cl2N/c11-7-5-4-6-2-1-3-8(13)9(6)10(7)12/h1-5H,13H2. The monoisotopic (exact) mass is 211 g/mol. The molecule has 0 unspecified atom stereocenters. The molecular formula is C10H7Cl2N. The molecule has 0 amide bonds. The lowest BCUT2D eigenvalue weighted by Gasteiger charge is -2.04. The molecular weight excluding hydrogens is 205 g/mol. The summed E-state index contributed by atoms with van der Waals surface area (Å²) < 4.78 is 0. The Morgan fingerprint density at radius 1 is 1.00 bits per heavy atom. The SMILES string of the molecule is Nc1cccc2ccc(Cl)c(Cl)c12. The van der Waals surface area contributed by atoms with Gasteiger partial charge in [0.25, 0.3) is 0 Å². The number of fused-ring (bicyclic) bond motifs is 1. The van der Waals surface area contributed by atoms with E-state index in [0.29, 0.717) is 15.7 Å². The van der Waals surface area contributed by atoms with E-state index in [-0.39, 0.29) is 0 Å². The Kier molecular flexibility index (Phi) is 2.06. The van der Waals surface area contributed by atoms with Gasteiger partial charge in [-0.3, -0.25) is 0 Å². The first-order valence-electron chi connectivity index (χ1n) is 3.82. The van der Waals surface area contributed by atoms with E-state index in [2.05, 4.69) is 0 Å². The normalized spacial score (nSPS) is 10.6. The summed E-state index contributed by atoms with van der Waals surface area (Å²) in [6, 6.07) is 9.33. The van der Waals surface area contributed by atoms with Crippen molar-refractivity contribution in [1.82, 2.24) is 0 Å². The summed E-state index contributed by atoms with van der Waals surface area (Å²) in [5, 5.41) is 2.90. The maximum absolute atomic E-state index is 6.02. The zero-order valence-electron chi connectivity index (χ0n) is 6.72. The highest BCUT2D eigenvalue weighted by Gasteiger charge is 2.05. The summed E-state index contributed by atoms with van der Waals surface area (Å²) in [6.45, 7) is 0. The van der Waals surface area contributed by atoms with Crippen LogP contribution in [0.2, 0.25) is 10.0 Å². The van der Waals surface area contributed by atoms with Crippen LogP contribution in [0.15, 0.2) is 30.3 Å². The molecule has 0 aliphatic carbocycles. The molecule has 0 saturated carbocycles. The van der Waals surface area contributed by atoms with Crippen LogP contribution in [-0.2, 0) is 0 Å². The van der Waals surface area contributed by atoms with E-state index in [1.807, 2.05) is 24.3 Å². The number of nitrogen functional groups attached to an aromatic ring is 1. The first-order chi connectivity index (χ1) is 6.20. The fourth-order valence-corrected chi connectivity index (χ4v) is 1.78. The topological polar surface area (TPSA) is 26.0 Å². The van der Waals surface area contributed by atoms with E-state index in [9.17, 15) is 0 Å². The van der Waals surface area contributed by atoms with Crippen LogP contribution in [0.1, 0.15) is 0 Å². The van der Waals surface area contributed by atoms with E-state index in [1.54, 1.807) is 6.07 Å². The molecule has 0 radical (unpaired) electrons. The van der Waals surface area contributed by atoms with Crippen LogP contribution in [0.3, 0.4) is 0 Å². The zero-order valence-corrected chi connectivity index (χ0v) is 8.23.